The lowest BCUT2D eigenvalue weighted by Crippen LogP contribution is -2.37. The molecule has 1 amide bonds. The van der Waals surface area contributed by atoms with Gasteiger partial charge in [0.2, 0.25) is 0 Å². The van der Waals surface area contributed by atoms with E-state index < -0.39 is 11.7 Å². The van der Waals surface area contributed by atoms with Crippen molar-refractivity contribution in [1.82, 2.24) is 5.32 Å². The van der Waals surface area contributed by atoms with Crippen LogP contribution in [0.15, 0.2) is 0 Å². The van der Waals surface area contributed by atoms with Crippen molar-refractivity contribution in [2.45, 2.75) is 40.2 Å². The molecule has 16 heavy (non-hydrogen) atoms. The number of nitrogens with one attached hydrogen (secondary N) is 1. The van der Waals surface area contributed by atoms with E-state index in [2.05, 4.69) is 5.32 Å². The van der Waals surface area contributed by atoms with Gasteiger partial charge < -0.3 is 15.2 Å². The van der Waals surface area contributed by atoms with Crippen LogP contribution in [0.4, 0.5) is 4.79 Å². The second-order valence-electron chi connectivity index (χ2n) is 5.07. The summed E-state index contributed by atoms with van der Waals surface area (Å²) in [6.07, 6.45) is -0.429. The molecule has 0 aliphatic heterocycles. The third-order valence-electron chi connectivity index (χ3n) is 2.08. The van der Waals surface area contributed by atoms with Gasteiger partial charge in [-0.25, -0.2) is 4.79 Å². The summed E-state index contributed by atoms with van der Waals surface area (Å²) in [5.74, 6) is 0.419. The maximum absolute atomic E-state index is 11.3. The standard InChI is InChI=1S/C11H23NO3.H2S/c1-8(2)9(7-13)6-12-10(14)15-11(3,4)5;/h8-9,13H,6-7H2,1-5H3,(H,12,14);1H2/t9-;/m0./s1. The zero-order valence-corrected chi connectivity index (χ0v) is 11.8. The predicted octanol–water partition coefficient (Wildman–Crippen LogP) is 1.89. The summed E-state index contributed by atoms with van der Waals surface area (Å²) in [4.78, 5) is 11.3. The molecule has 0 aromatic heterocycles. The zero-order valence-electron chi connectivity index (χ0n) is 10.8. The summed E-state index contributed by atoms with van der Waals surface area (Å²) >= 11 is 0. The molecule has 0 bridgehead atoms. The van der Waals surface area contributed by atoms with E-state index in [9.17, 15) is 4.79 Å². The van der Waals surface area contributed by atoms with E-state index in [0.29, 0.717) is 12.5 Å². The van der Waals surface area contributed by atoms with Gasteiger partial charge in [0, 0.05) is 19.1 Å². The Kier molecular flexibility index (Phi) is 8.74. The number of ether oxygens (including phenoxy) is 1. The molecule has 0 aliphatic carbocycles. The summed E-state index contributed by atoms with van der Waals surface area (Å²) < 4.78 is 5.08. The molecule has 0 spiro atoms. The van der Waals surface area contributed by atoms with Gasteiger partial charge in [-0.05, 0) is 26.7 Å². The molecule has 0 fully saturated rings. The Morgan fingerprint density at radius 3 is 2.19 bits per heavy atom. The van der Waals surface area contributed by atoms with Crippen LogP contribution in [0.5, 0.6) is 0 Å². The van der Waals surface area contributed by atoms with E-state index in [-0.39, 0.29) is 26.0 Å². The van der Waals surface area contributed by atoms with Gasteiger partial charge in [-0.3, -0.25) is 0 Å². The average molecular weight is 251 g/mol. The van der Waals surface area contributed by atoms with E-state index >= 15 is 0 Å². The molecule has 5 heteroatoms. The van der Waals surface area contributed by atoms with Crippen molar-refractivity contribution < 1.29 is 14.6 Å². The van der Waals surface area contributed by atoms with Gasteiger partial charge in [-0.15, -0.1) is 0 Å². The number of hydrogen-bond donors (Lipinski definition) is 2. The molecule has 0 aliphatic rings. The summed E-state index contributed by atoms with van der Waals surface area (Å²) in [5, 5.41) is 11.7. The highest BCUT2D eigenvalue weighted by Gasteiger charge is 2.18. The van der Waals surface area contributed by atoms with Crippen molar-refractivity contribution in [1.29, 1.82) is 0 Å². The molecule has 0 aromatic carbocycles. The molecular weight excluding hydrogens is 226 g/mol. The minimum Gasteiger partial charge on any atom is -0.444 e. The number of carbonyl (C=O) groups excluding carboxylic acids is 1. The number of amides is 1. The van der Waals surface area contributed by atoms with Gasteiger partial charge in [0.1, 0.15) is 5.60 Å². The first kappa shape index (κ1) is 18.0. The Labute approximate surface area is 105 Å². The van der Waals surface area contributed by atoms with Crippen molar-refractivity contribution in [2.75, 3.05) is 13.2 Å². The summed E-state index contributed by atoms with van der Waals surface area (Å²) in [6, 6.07) is 0. The quantitative estimate of drug-likeness (QED) is 0.802. The molecule has 0 heterocycles. The van der Waals surface area contributed by atoms with Gasteiger partial charge in [-0.2, -0.15) is 13.5 Å². The largest absolute Gasteiger partial charge is 0.444 e. The number of alkyl carbamates (subject to hydrolysis) is 1. The molecule has 0 saturated carbocycles. The van der Waals surface area contributed by atoms with E-state index in [0.717, 1.165) is 0 Å². The Morgan fingerprint density at radius 2 is 1.88 bits per heavy atom. The Balaban J connectivity index is 0. The molecule has 98 valence electrons. The molecule has 2 N–H and O–H groups in total. The molecule has 4 nitrogen and oxygen atoms in total. The number of aliphatic hydroxyl groups is 1. The van der Waals surface area contributed by atoms with Crippen molar-refractivity contribution in [3.8, 4) is 0 Å². The van der Waals surface area contributed by atoms with Crippen LogP contribution in [0.1, 0.15) is 34.6 Å². The highest BCUT2D eigenvalue weighted by Crippen LogP contribution is 2.10. The van der Waals surface area contributed by atoms with E-state index in [1.165, 1.54) is 0 Å². The van der Waals surface area contributed by atoms with E-state index in [1.807, 2.05) is 34.6 Å². The molecule has 1 atom stereocenters. The molecular formula is C11H25NO3S. The Hall–Kier alpha value is -0.420. The minimum absolute atomic E-state index is 0. The van der Waals surface area contributed by atoms with Crippen LogP contribution < -0.4 is 5.32 Å². The average Bonchev–Trinajstić information content (AvgIpc) is 2.01. The molecule has 0 aromatic rings. The topological polar surface area (TPSA) is 58.6 Å². The first-order chi connectivity index (χ1) is 6.76. The van der Waals surface area contributed by atoms with Gasteiger partial charge in [0.15, 0.2) is 0 Å². The lowest BCUT2D eigenvalue weighted by atomic mass is 9.97. The molecule has 0 unspecified atom stereocenters. The van der Waals surface area contributed by atoms with Crippen LogP contribution >= 0.6 is 13.5 Å². The monoisotopic (exact) mass is 251 g/mol. The Morgan fingerprint density at radius 1 is 1.38 bits per heavy atom. The minimum atomic E-state index is -0.476. The fourth-order valence-electron chi connectivity index (χ4n) is 1.04. The lowest BCUT2D eigenvalue weighted by molar-refractivity contribution is 0.0505. The van der Waals surface area contributed by atoms with E-state index in [1.54, 1.807) is 0 Å². The van der Waals surface area contributed by atoms with Crippen molar-refractivity contribution >= 4 is 19.6 Å². The maximum atomic E-state index is 11.3. The highest BCUT2D eigenvalue weighted by atomic mass is 32.1. The van der Waals surface area contributed by atoms with Crippen molar-refractivity contribution in [2.24, 2.45) is 11.8 Å². The first-order valence-corrected chi connectivity index (χ1v) is 5.34. The maximum Gasteiger partial charge on any atom is 0.407 e. The highest BCUT2D eigenvalue weighted by molar-refractivity contribution is 7.59. The van der Waals surface area contributed by atoms with Crippen LogP contribution in [-0.4, -0.2) is 30.0 Å². The van der Waals surface area contributed by atoms with Crippen LogP contribution in [0.3, 0.4) is 0 Å². The first-order valence-electron chi connectivity index (χ1n) is 5.34. The summed E-state index contributed by atoms with van der Waals surface area (Å²) in [7, 11) is 0. The van der Waals surface area contributed by atoms with Gasteiger partial charge in [0.05, 0.1) is 0 Å². The lowest BCUT2D eigenvalue weighted by Gasteiger charge is -2.22. The van der Waals surface area contributed by atoms with Gasteiger partial charge in [-0.1, -0.05) is 13.8 Å². The van der Waals surface area contributed by atoms with Crippen molar-refractivity contribution in [3.63, 3.8) is 0 Å². The predicted molar refractivity (Wildman–Crippen MR) is 70.0 cm³/mol. The fourth-order valence-corrected chi connectivity index (χ4v) is 1.04. The van der Waals surface area contributed by atoms with E-state index in [4.69, 9.17) is 9.84 Å². The van der Waals surface area contributed by atoms with Crippen molar-refractivity contribution in [3.05, 3.63) is 0 Å². The molecule has 0 radical (unpaired) electrons. The second kappa shape index (κ2) is 7.79. The molecule has 0 saturated heterocycles. The normalized spacial score (nSPS) is 12.9. The third kappa shape index (κ3) is 8.85. The third-order valence-corrected chi connectivity index (χ3v) is 2.08. The smallest absolute Gasteiger partial charge is 0.407 e. The summed E-state index contributed by atoms with van der Waals surface area (Å²) in [5.41, 5.74) is -0.476. The number of hydrogen-bond acceptors (Lipinski definition) is 3. The van der Waals surface area contributed by atoms with Crippen LogP contribution in [0.25, 0.3) is 0 Å². The SMILES string of the molecule is CC(C)[C@H](CO)CNC(=O)OC(C)(C)C.S. The molecule has 0 rings (SSSR count). The summed E-state index contributed by atoms with van der Waals surface area (Å²) in [6.45, 7) is 10.0. The second-order valence-corrected chi connectivity index (χ2v) is 5.07. The van der Waals surface area contributed by atoms with Gasteiger partial charge in [0.25, 0.3) is 0 Å². The zero-order chi connectivity index (χ0) is 12.1. The fraction of sp³-hybridized carbons (Fsp3) is 0.909. The van der Waals surface area contributed by atoms with Crippen LogP contribution in [0, 0.1) is 11.8 Å². The Bertz CT molecular complexity index is 202. The van der Waals surface area contributed by atoms with Gasteiger partial charge >= 0.3 is 6.09 Å². The number of aliphatic hydroxyl groups excluding tert-OH is 1. The van der Waals surface area contributed by atoms with Crippen LogP contribution in [-0.2, 0) is 4.74 Å². The number of rotatable bonds is 4. The van der Waals surface area contributed by atoms with Crippen LogP contribution in [0.2, 0.25) is 0 Å². The number of carbonyl (C=O) groups is 1.